The summed E-state index contributed by atoms with van der Waals surface area (Å²) in [5.74, 6) is 0.631. The van der Waals surface area contributed by atoms with Gasteiger partial charge in [-0.05, 0) is 36.4 Å². The lowest BCUT2D eigenvalue weighted by atomic mass is 10.1. The van der Waals surface area contributed by atoms with Gasteiger partial charge in [-0.3, -0.25) is 14.5 Å². The van der Waals surface area contributed by atoms with Crippen LogP contribution < -0.4 is 4.74 Å². The molecule has 7 nitrogen and oxygen atoms in total. The molecular weight excluding hydrogens is 332 g/mol. The summed E-state index contributed by atoms with van der Waals surface area (Å²) in [5, 5.41) is 14.0. The average Bonchev–Trinajstić information content (AvgIpc) is 3.15. The Morgan fingerprint density at radius 3 is 2.96 bits per heavy atom. The number of nitrogens with zero attached hydrogens (tertiary/aromatic N) is 4. The number of aromatic hydroxyl groups is 1. The van der Waals surface area contributed by atoms with Gasteiger partial charge in [-0.1, -0.05) is 6.07 Å². The molecule has 1 aliphatic heterocycles. The van der Waals surface area contributed by atoms with Crippen LogP contribution in [0.4, 0.5) is 0 Å². The average molecular weight is 350 g/mol. The van der Waals surface area contributed by atoms with Gasteiger partial charge in [0.1, 0.15) is 24.1 Å². The quantitative estimate of drug-likeness (QED) is 0.781. The van der Waals surface area contributed by atoms with E-state index in [1.165, 1.54) is 6.07 Å². The second kappa shape index (κ2) is 6.87. The summed E-state index contributed by atoms with van der Waals surface area (Å²) in [4.78, 5) is 18.6. The molecule has 2 aromatic heterocycles. The fourth-order valence-electron chi connectivity index (χ4n) is 3.11. The highest BCUT2D eigenvalue weighted by Gasteiger charge is 2.29. The molecule has 1 aromatic carbocycles. The molecule has 1 aliphatic rings. The second-order valence-electron chi connectivity index (χ2n) is 6.16. The van der Waals surface area contributed by atoms with Gasteiger partial charge >= 0.3 is 0 Å². The van der Waals surface area contributed by atoms with Gasteiger partial charge in [-0.25, -0.2) is 0 Å². The molecule has 1 N–H and O–H groups in total. The number of ether oxygens (including phenoxy) is 1. The summed E-state index contributed by atoms with van der Waals surface area (Å²) in [6.07, 6.45) is 5.08. The van der Waals surface area contributed by atoms with Gasteiger partial charge in [0.05, 0.1) is 18.4 Å². The van der Waals surface area contributed by atoms with E-state index in [1.54, 1.807) is 41.7 Å². The molecule has 1 atom stereocenters. The minimum atomic E-state index is -0.125. The molecular formula is C19H18N4O3. The molecule has 0 saturated heterocycles. The molecule has 132 valence electrons. The monoisotopic (exact) mass is 350 g/mol. The number of fused-ring (bicyclic) bond motifs is 1. The molecule has 3 aromatic rings. The van der Waals surface area contributed by atoms with Crippen LogP contribution in [-0.2, 0) is 6.54 Å². The van der Waals surface area contributed by atoms with E-state index in [0.717, 1.165) is 5.69 Å². The van der Waals surface area contributed by atoms with Crippen molar-refractivity contribution in [1.29, 1.82) is 0 Å². The summed E-state index contributed by atoms with van der Waals surface area (Å²) in [7, 11) is 0. The minimum Gasteiger partial charge on any atom is -0.508 e. The number of phenols is 1. The first-order valence-corrected chi connectivity index (χ1v) is 8.34. The van der Waals surface area contributed by atoms with Gasteiger partial charge in [0.2, 0.25) is 0 Å². The van der Waals surface area contributed by atoms with Gasteiger partial charge in [0, 0.05) is 24.5 Å². The predicted octanol–water partition coefficient (Wildman–Crippen LogP) is 2.26. The molecule has 0 radical (unpaired) electrons. The molecule has 0 saturated carbocycles. The summed E-state index contributed by atoms with van der Waals surface area (Å²) >= 11 is 0. The Hall–Kier alpha value is -3.35. The molecule has 0 unspecified atom stereocenters. The maximum absolute atomic E-state index is 12.8. The van der Waals surface area contributed by atoms with Crippen molar-refractivity contribution in [2.75, 3.05) is 13.2 Å². The molecule has 0 bridgehead atoms. The number of amides is 1. The lowest BCUT2D eigenvalue weighted by Gasteiger charge is -2.33. The minimum absolute atomic E-state index is 0.0781. The number of hydrogen-bond acceptors (Lipinski definition) is 5. The van der Waals surface area contributed by atoms with Crippen LogP contribution >= 0.6 is 0 Å². The number of aromatic nitrogens is 3. The summed E-state index contributed by atoms with van der Waals surface area (Å²) in [6.45, 7) is 1.32. The highest BCUT2D eigenvalue weighted by Crippen LogP contribution is 2.24. The Labute approximate surface area is 150 Å². The summed E-state index contributed by atoms with van der Waals surface area (Å²) in [5.41, 5.74) is 1.41. The molecule has 0 spiro atoms. The third-order valence-electron chi connectivity index (χ3n) is 4.34. The maximum Gasteiger partial charge on any atom is 0.254 e. The highest BCUT2D eigenvalue weighted by molar-refractivity contribution is 5.94. The van der Waals surface area contributed by atoms with E-state index < -0.39 is 0 Å². The highest BCUT2D eigenvalue weighted by atomic mass is 16.5. The SMILES string of the molecule is O=C(c1cccc(O)c1)N1Cc2ccnn2[C@H](COc2cccnc2)C1. The van der Waals surface area contributed by atoms with Crippen molar-refractivity contribution in [3.05, 3.63) is 72.3 Å². The van der Waals surface area contributed by atoms with Crippen LogP contribution in [0.15, 0.2) is 61.1 Å². The van der Waals surface area contributed by atoms with Crippen molar-refractivity contribution in [2.45, 2.75) is 12.6 Å². The van der Waals surface area contributed by atoms with E-state index in [0.29, 0.717) is 31.0 Å². The Morgan fingerprint density at radius 1 is 1.23 bits per heavy atom. The molecule has 1 amide bonds. The van der Waals surface area contributed by atoms with Crippen molar-refractivity contribution in [3.8, 4) is 11.5 Å². The number of hydrogen-bond donors (Lipinski definition) is 1. The van der Waals surface area contributed by atoms with Gasteiger partial charge in [-0.2, -0.15) is 5.10 Å². The van der Waals surface area contributed by atoms with Crippen molar-refractivity contribution < 1.29 is 14.6 Å². The first-order chi connectivity index (χ1) is 12.7. The van der Waals surface area contributed by atoms with E-state index >= 15 is 0 Å². The molecule has 26 heavy (non-hydrogen) atoms. The van der Waals surface area contributed by atoms with E-state index in [1.807, 2.05) is 22.9 Å². The van der Waals surface area contributed by atoms with Crippen LogP contribution in [0.25, 0.3) is 0 Å². The lowest BCUT2D eigenvalue weighted by Crippen LogP contribution is -2.43. The van der Waals surface area contributed by atoms with Crippen LogP contribution in [0, 0.1) is 0 Å². The zero-order valence-corrected chi connectivity index (χ0v) is 14.0. The van der Waals surface area contributed by atoms with Gasteiger partial charge in [0.15, 0.2) is 0 Å². The molecule has 7 heteroatoms. The number of carbonyl (C=O) groups is 1. The Bertz CT molecular complexity index is 910. The fraction of sp³-hybridized carbons (Fsp3) is 0.211. The summed E-state index contributed by atoms with van der Waals surface area (Å²) < 4.78 is 7.73. The maximum atomic E-state index is 12.8. The van der Waals surface area contributed by atoms with Gasteiger partial charge in [0.25, 0.3) is 5.91 Å². The number of phenolic OH excluding ortho intramolecular Hbond substituents is 1. The van der Waals surface area contributed by atoms with E-state index in [4.69, 9.17) is 4.74 Å². The van der Waals surface area contributed by atoms with Gasteiger partial charge < -0.3 is 14.7 Å². The first kappa shape index (κ1) is 16.1. The molecule has 0 fully saturated rings. The van der Waals surface area contributed by atoms with E-state index in [9.17, 15) is 9.90 Å². The summed E-state index contributed by atoms with van der Waals surface area (Å²) in [6, 6.07) is 11.9. The molecule has 4 rings (SSSR count). The normalized spacial score (nSPS) is 16.2. The lowest BCUT2D eigenvalue weighted by molar-refractivity contribution is 0.0632. The Kier molecular flexibility index (Phi) is 4.27. The van der Waals surface area contributed by atoms with E-state index in [-0.39, 0.29) is 17.7 Å². The molecule has 3 heterocycles. The van der Waals surface area contributed by atoms with Crippen LogP contribution in [-0.4, -0.2) is 43.8 Å². The van der Waals surface area contributed by atoms with Crippen LogP contribution in [0.2, 0.25) is 0 Å². The number of pyridine rings is 1. The predicted molar refractivity (Wildman–Crippen MR) is 93.8 cm³/mol. The Balaban J connectivity index is 1.53. The number of carbonyl (C=O) groups excluding carboxylic acids is 1. The number of benzene rings is 1. The zero-order chi connectivity index (χ0) is 17.9. The number of rotatable bonds is 4. The topological polar surface area (TPSA) is 80.5 Å². The Morgan fingerprint density at radius 2 is 2.15 bits per heavy atom. The largest absolute Gasteiger partial charge is 0.508 e. The smallest absolute Gasteiger partial charge is 0.254 e. The van der Waals surface area contributed by atoms with Crippen LogP contribution in [0.3, 0.4) is 0 Å². The van der Waals surface area contributed by atoms with Crippen LogP contribution in [0.5, 0.6) is 11.5 Å². The van der Waals surface area contributed by atoms with Crippen molar-refractivity contribution >= 4 is 5.91 Å². The van der Waals surface area contributed by atoms with Crippen LogP contribution in [0.1, 0.15) is 22.1 Å². The fourth-order valence-corrected chi connectivity index (χ4v) is 3.11. The standard InChI is InChI=1S/C19H18N4O3/c24-17-4-1-3-14(9-17)19(25)22-11-15-6-8-21-23(15)16(12-22)13-26-18-5-2-7-20-10-18/h1-10,16,24H,11-13H2/t16-/m0/s1. The first-order valence-electron chi connectivity index (χ1n) is 8.34. The second-order valence-corrected chi connectivity index (χ2v) is 6.16. The third kappa shape index (κ3) is 3.23. The molecule has 0 aliphatic carbocycles. The van der Waals surface area contributed by atoms with E-state index in [2.05, 4.69) is 10.1 Å². The van der Waals surface area contributed by atoms with Crippen molar-refractivity contribution in [1.82, 2.24) is 19.7 Å². The van der Waals surface area contributed by atoms with Gasteiger partial charge in [-0.15, -0.1) is 0 Å². The third-order valence-corrected chi connectivity index (χ3v) is 4.34. The van der Waals surface area contributed by atoms with Crippen molar-refractivity contribution in [2.24, 2.45) is 0 Å². The zero-order valence-electron chi connectivity index (χ0n) is 14.0. The van der Waals surface area contributed by atoms with Crippen molar-refractivity contribution in [3.63, 3.8) is 0 Å².